The topological polar surface area (TPSA) is 237 Å². The van der Waals surface area contributed by atoms with Gasteiger partial charge in [0.2, 0.25) is 0 Å². The molecule has 0 fully saturated rings. The number of unbranched alkanes of at least 4 members (excludes halogenated alkanes) is 53. The third kappa shape index (κ3) is 72.2. The smallest absolute Gasteiger partial charge is 0.462 e. The number of carbonyl (C=O) groups excluding carboxylic acids is 4. The Morgan fingerprint density at radius 3 is 0.608 bits per heavy atom. The summed E-state index contributed by atoms with van der Waals surface area (Å²) in [5.74, 6) is -2.11. The molecule has 0 aliphatic rings. The van der Waals surface area contributed by atoms with Crippen LogP contribution in [0.1, 0.15) is 419 Å². The van der Waals surface area contributed by atoms with Crippen LogP contribution < -0.4 is 0 Å². The number of carbonyl (C=O) groups is 4. The highest BCUT2D eigenvalue weighted by atomic mass is 31.2. The quantitative estimate of drug-likeness (QED) is 0.0222. The molecule has 0 amide bonds. The molecule has 0 rings (SSSR count). The van der Waals surface area contributed by atoms with Crippen molar-refractivity contribution in [3.63, 3.8) is 0 Å². The average molecular weight is 1420 g/mol. The van der Waals surface area contributed by atoms with Gasteiger partial charge in [-0.2, -0.15) is 0 Å². The molecule has 0 saturated heterocycles. The molecule has 3 N–H and O–H groups in total. The van der Waals surface area contributed by atoms with Crippen molar-refractivity contribution in [1.29, 1.82) is 0 Å². The molecular weight excluding hydrogens is 1270 g/mol. The largest absolute Gasteiger partial charge is 0.472 e. The number of esters is 4. The summed E-state index contributed by atoms with van der Waals surface area (Å²) in [6, 6.07) is 0. The Balaban J connectivity index is 5.15. The summed E-state index contributed by atoms with van der Waals surface area (Å²) in [5.41, 5.74) is 0. The maximum Gasteiger partial charge on any atom is 0.472 e. The summed E-state index contributed by atoms with van der Waals surface area (Å²) in [5, 5.41) is 10.6. The van der Waals surface area contributed by atoms with E-state index in [9.17, 15) is 43.2 Å². The van der Waals surface area contributed by atoms with Crippen LogP contribution >= 0.6 is 15.6 Å². The summed E-state index contributed by atoms with van der Waals surface area (Å²) >= 11 is 0. The lowest BCUT2D eigenvalue weighted by Gasteiger charge is -2.21. The third-order valence-corrected chi connectivity index (χ3v) is 20.3. The fourth-order valence-electron chi connectivity index (χ4n) is 12.1. The highest BCUT2D eigenvalue weighted by molar-refractivity contribution is 7.47. The van der Waals surface area contributed by atoms with Gasteiger partial charge in [0.15, 0.2) is 12.2 Å². The van der Waals surface area contributed by atoms with Gasteiger partial charge < -0.3 is 33.8 Å². The highest BCUT2D eigenvalue weighted by Gasteiger charge is 2.30. The Morgan fingerprint density at radius 1 is 0.247 bits per heavy atom. The summed E-state index contributed by atoms with van der Waals surface area (Å²) < 4.78 is 68.4. The van der Waals surface area contributed by atoms with Crippen LogP contribution in [-0.4, -0.2) is 96.7 Å². The van der Waals surface area contributed by atoms with Gasteiger partial charge in [0, 0.05) is 25.7 Å². The molecule has 0 bridgehead atoms. The zero-order valence-corrected chi connectivity index (χ0v) is 64.8. The molecule has 0 spiro atoms. The van der Waals surface area contributed by atoms with Crippen molar-refractivity contribution < 1.29 is 80.2 Å². The summed E-state index contributed by atoms with van der Waals surface area (Å²) in [4.78, 5) is 72.7. The molecular formula is C78H152O17P2. The highest BCUT2D eigenvalue weighted by Crippen LogP contribution is 2.45. The first-order valence-corrected chi connectivity index (χ1v) is 43.8. The van der Waals surface area contributed by atoms with Gasteiger partial charge in [0.25, 0.3) is 0 Å². The van der Waals surface area contributed by atoms with Gasteiger partial charge in [-0.05, 0) is 25.7 Å². The Morgan fingerprint density at radius 2 is 0.412 bits per heavy atom. The molecule has 0 aliphatic carbocycles. The predicted molar refractivity (Wildman–Crippen MR) is 395 cm³/mol. The molecule has 2 unspecified atom stereocenters. The van der Waals surface area contributed by atoms with Crippen LogP contribution in [0.5, 0.6) is 0 Å². The van der Waals surface area contributed by atoms with Crippen LogP contribution in [0.15, 0.2) is 0 Å². The van der Waals surface area contributed by atoms with Gasteiger partial charge in [-0.15, -0.1) is 0 Å². The van der Waals surface area contributed by atoms with Gasteiger partial charge in [0.1, 0.15) is 19.3 Å². The zero-order valence-electron chi connectivity index (χ0n) is 63.1. The summed E-state index contributed by atoms with van der Waals surface area (Å²) in [6.07, 6.45) is 64.1. The predicted octanol–water partition coefficient (Wildman–Crippen LogP) is 23.4. The van der Waals surface area contributed by atoms with Crippen LogP contribution in [0.4, 0.5) is 0 Å². The molecule has 0 radical (unpaired) electrons. The molecule has 97 heavy (non-hydrogen) atoms. The van der Waals surface area contributed by atoms with Crippen LogP contribution in [0.3, 0.4) is 0 Å². The van der Waals surface area contributed by atoms with Crippen LogP contribution in [0.25, 0.3) is 0 Å². The maximum atomic E-state index is 13.1. The van der Waals surface area contributed by atoms with Crippen molar-refractivity contribution in [3.8, 4) is 0 Å². The second-order valence-corrected chi connectivity index (χ2v) is 31.0. The van der Waals surface area contributed by atoms with Gasteiger partial charge in [-0.1, -0.05) is 368 Å². The van der Waals surface area contributed by atoms with E-state index in [1.165, 1.54) is 238 Å². The first-order chi connectivity index (χ1) is 47.2. The third-order valence-electron chi connectivity index (χ3n) is 18.4. The normalized spacial score (nSPS) is 13.8. The Kier molecular flexibility index (Phi) is 71.0. The molecule has 0 heterocycles. The zero-order chi connectivity index (χ0) is 71.1. The lowest BCUT2D eigenvalue weighted by molar-refractivity contribution is -0.161. The van der Waals surface area contributed by atoms with Crippen LogP contribution in [0, 0.1) is 0 Å². The van der Waals surface area contributed by atoms with Crippen LogP contribution in [0.2, 0.25) is 0 Å². The average Bonchev–Trinajstić information content (AvgIpc) is 1.04. The number of aliphatic hydroxyl groups is 1. The number of hydrogen-bond acceptors (Lipinski definition) is 15. The first kappa shape index (κ1) is 95.1. The van der Waals surface area contributed by atoms with Crippen molar-refractivity contribution in [2.45, 2.75) is 438 Å². The number of phosphoric ester groups is 2. The fraction of sp³-hybridized carbons (Fsp3) is 0.949. The van der Waals surface area contributed by atoms with Gasteiger partial charge in [-0.25, -0.2) is 9.13 Å². The monoisotopic (exact) mass is 1420 g/mol. The van der Waals surface area contributed by atoms with E-state index < -0.39 is 97.5 Å². The van der Waals surface area contributed by atoms with Gasteiger partial charge >= 0.3 is 39.5 Å². The molecule has 576 valence electrons. The summed E-state index contributed by atoms with van der Waals surface area (Å²) in [7, 11) is -9.90. The first-order valence-electron chi connectivity index (χ1n) is 40.8. The second-order valence-electron chi connectivity index (χ2n) is 28.1. The van der Waals surface area contributed by atoms with Gasteiger partial charge in [0.05, 0.1) is 26.4 Å². The minimum Gasteiger partial charge on any atom is -0.462 e. The molecule has 0 aromatic rings. The molecule has 17 nitrogen and oxygen atoms in total. The number of aliphatic hydroxyl groups excluding tert-OH is 1. The van der Waals surface area contributed by atoms with E-state index >= 15 is 0 Å². The number of phosphoric acid groups is 2. The van der Waals surface area contributed by atoms with Crippen molar-refractivity contribution in [2.75, 3.05) is 39.6 Å². The SMILES string of the molecule is CCCCCCCCCCCCCCCCCCCCCCC(=O)O[C@H](COC(=O)CCCCCCCCCCCCCCCCCCCCC)COP(=O)(O)OC[C@@H](O)COP(=O)(O)OC[C@@H](COC(=O)CCCCCCCCC)OC(=O)CCCCCCCCCCCCC. The summed E-state index contributed by atoms with van der Waals surface area (Å²) in [6.45, 7) is 4.95. The molecule has 0 aromatic carbocycles. The fourth-order valence-corrected chi connectivity index (χ4v) is 13.7. The van der Waals surface area contributed by atoms with E-state index in [2.05, 4.69) is 27.7 Å². The van der Waals surface area contributed by atoms with Gasteiger partial charge in [-0.3, -0.25) is 37.3 Å². The van der Waals surface area contributed by atoms with Crippen molar-refractivity contribution >= 4 is 39.5 Å². The molecule has 0 aliphatic heterocycles. The van der Waals surface area contributed by atoms with Crippen LogP contribution in [-0.2, 0) is 65.4 Å². The minimum atomic E-state index is -4.96. The van der Waals surface area contributed by atoms with Crippen molar-refractivity contribution in [1.82, 2.24) is 0 Å². The molecule has 0 aromatic heterocycles. The molecule has 19 heteroatoms. The number of ether oxygens (including phenoxy) is 4. The number of hydrogen-bond donors (Lipinski definition) is 3. The van der Waals surface area contributed by atoms with E-state index in [1.807, 2.05) is 0 Å². The van der Waals surface area contributed by atoms with Crippen molar-refractivity contribution in [3.05, 3.63) is 0 Å². The Hall–Kier alpha value is -1.94. The number of rotatable bonds is 79. The maximum absolute atomic E-state index is 13.1. The van der Waals surface area contributed by atoms with E-state index in [4.69, 9.17) is 37.0 Å². The van der Waals surface area contributed by atoms with E-state index in [0.717, 1.165) is 103 Å². The Labute approximate surface area is 594 Å². The Bertz CT molecular complexity index is 1840. The standard InChI is InChI=1S/C78H152O17P2/c1-5-9-13-17-21-24-27-29-31-33-35-37-39-41-43-46-49-53-57-61-65-78(83)95-74(69-89-76(81)63-59-55-51-47-45-42-40-38-36-34-32-30-28-25-22-18-14-10-6-2)71-93-97(86,87)91-67-72(79)66-90-96(84,85)92-70-73(68-88-75(80)62-58-54-50-20-16-12-8-4)94-77(82)64-60-56-52-48-44-26-23-19-15-11-7-3/h72-74,79H,5-71H2,1-4H3,(H,84,85)(H,86,87)/t72-,73+,74+/m0/s1. The second kappa shape index (κ2) is 72.4. The van der Waals surface area contributed by atoms with E-state index in [1.54, 1.807) is 0 Å². The molecule has 5 atom stereocenters. The van der Waals surface area contributed by atoms with E-state index in [0.29, 0.717) is 25.7 Å². The minimum absolute atomic E-state index is 0.107. The lowest BCUT2D eigenvalue weighted by Crippen LogP contribution is -2.30. The van der Waals surface area contributed by atoms with E-state index in [-0.39, 0.29) is 25.7 Å². The van der Waals surface area contributed by atoms with Crippen molar-refractivity contribution in [2.24, 2.45) is 0 Å². The molecule has 0 saturated carbocycles. The lowest BCUT2D eigenvalue weighted by atomic mass is 10.0.